The lowest BCUT2D eigenvalue weighted by Crippen LogP contribution is -2.40. The van der Waals surface area contributed by atoms with Gasteiger partial charge in [-0.2, -0.15) is 26.3 Å². The van der Waals surface area contributed by atoms with E-state index in [1.807, 2.05) is 0 Å². The maximum absolute atomic E-state index is 13.1. The molecule has 0 aliphatic heterocycles. The number of hydrogen-bond acceptors (Lipinski definition) is 0. The van der Waals surface area contributed by atoms with Crippen LogP contribution in [0.3, 0.4) is 0 Å². The smallest absolute Gasteiger partial charge is 0.171 e. The molecule has 130 valence electrons. The summed E-state index contributed by atoms with van der Waals surface area (Å²) in [7, 11) is 0. The van der Waals surface area contributed by atoms with E-state index in [1.54, 1.807) is 13.8 Å². The van der Waals surface area contributed by atoms with E-state index < -0.39 is 36.0 Å². The lowest BCUT2D eigenvalue weighted by molar-refractivity contribution is -0.211. The van der Waals surface area contributed by atoms with Gasteiger partial charge in [-0.15, -0.1) is 0 Å². The molecule has 22 heavy (non-hydrogen) atoms. The minimum atomic E-state index is -4.23. The van der Waals surface area contributed by atoms with E-state index in [2.05, 4.69) is 0 Å². The first-order valence-corrected chi connectivity index (χ1v) is 8.13. The summed E-state index contributed by atoms with van der Waals surface area (Å²) in [4.78, 5) is 0. The summed E-state index contributed by atoms with van der Waals surface area (Å²) in [5, 5.41) is 0. The van der Waals surface area contributed by atoms with E-state index in [9.17, 15) is 26.3 Å². The summed E-state index contributed by atoms with van der Waals surface area (Å²) >= 11 is 0. The Balaban J connectivity index is 2.05. The predicted octanol–water partition coefficient (Wildman–Crippen LogP) is 6.22. The summed E-state index contributed by atoms with van der Waals surface area (Å²) in [5.41, 5.74) is 0. The molecule has 0 heterocycles. The van der Waals surface area contributed by atoms with E-state index in [0.29, 0.717) is 25.7 Å². The van der Waals surface area contributed by atoms with Crippen LogP contribution in [0.4, 0.5) is 26.3 Å². The first-order chi connectivity index (χ1) is 10.00. The van der Waals surface area contributed by atoms with Crippen molar-refractivity contribution in [3.05, 3.63) is 0 Å². The lowest BCUT2D eigenvalue weighted by Gasteiger charge is -2.43. The standard InChI is InChI=1S/C16H24F6/c1-9-3-5-11(7-13(9)15(17,18)19)12-6-4-10(2)14(8-12)16(20,21)22/h9-14H,3-8H2,1-2H3. The highest BCUT2D eigenvalue weighted by atomic mass is 19.4. The van der Waals surface area contributed by atoms with Gasteiger partial charge < -0.3 is 0 Å². The molecule has 2 aliphatic carbocycles. The van der Waals surface area contributed by atoms with Crippen LogP contribution >= 0.6 is 0 Å². The van der Waals surface area contributed by atoms with Crippen molar-refractivity contribution in [3.8, 4) is 0 Å². The summed E-state index contributed by atoms with van der Waals surface area (Å²) < 4.78 is 78.5. The molecule has 2 fully saturated rings. The van der Waals surface area contributed by atoms with Gasteiger partial charge in [-0.05, 0) is 62.2 Å². The molecule has 0 saturated heterocycles. The Hall–Kier alpha value is -0.420. The molecule has 0 radical (unpaired) electrons. The third kappa shape index (κ3) is 3.91. The molecular formula is C16H24F6. The van der Waals surface area contributed by atoms with Crippen LogP contribution in [-0.4, -0.2) is 12.4 Å². The molecule has 2 aliphatic rings. The SMILES string of the molecule is CC1CCC(C2CCC(C)C(C(F)(F)F)C2)CC1C(F)(F)F. The molecular weight excluding hydrogens is 306 g/mol. The Morgan fingerprint density at radius 2 is 0.909 bits per heavy atom. The van der Waals surface area contributed by atoms with Crippen molar-refractivity contribution < 1.29 is 26.3 Å². The highest BCUT2D eigenvalue weighted by molar-refractivity contribution is 4.90. The second-order valence-electron chi connectivity index (χ2n) is 7.40. The maximum Gasteiger partial charge on any atom is 0.392 e. The fourth-order valence-corrected chi connectivity index (χ4v) is 4.48. The molecule has 0 nitrogen and oxygen atoms in total. The minimum Gasteiger partial charge on any atom is -0.171 e. The number of hydrogen-bond donors (Lipinski definition) is 0. The van der Waals surface area contributed by atoms with Gasteiger partial charge in [0.05, 0.1) is 11.8 Å². The van der Waals surface area contributed by atoms with E-state index in [-0.39, 0.29) is 24.7 Å². The largest absolute Gasteiger partial charge is 0.392 e. The van der Waals surface area contributed by atoms with Crippen LogP contribution in [0.25, 0.3) is 0 Å². The minimum absolute atomic E-state index is 0.00823. The molecule has 0 amide bonds. The lowest BCUT2D eigenvalue weighted by atomic mass is 9.63. The Kier molecular flexibility index (Phi) is 5.08. The Labute approximate surface area is 127 Å². The molecule has 0 bridgehead atoms. The topological polar surface area (TPSA) is 0 Å². The molecule has 0 aromatic heterocycles. The van der Waals surface area contributed by atoms with E-state index in [4.69, 9.17) is 0 Å². The van der Waals surface area contributed by atoms with Crippen molar-refractivity contribution in [2.45, 2.75) is 64.7 Å². The zero-order chi connectivity index (χ0) is 16.7. The number of alkyl halides is 6. The fraction of sp³-hybridized carbons (Fsp3) is 1.00. The molecule has 6 unspecified atom stereocenters. The van der Waals surface area contributed by atoms with Crippen LogP contribution in [0.1, 0.15) is 52.4 Å². The van der Waals surface area contributed by atoms with Crippen molar-refractivity contribution in [2.75, 3.05) is 0 Å². The number of halogens is 6. The maximum atomic E-state index is 13.1. The predicted molar refractivity (Wildman–Crippen MR) is 72.1 cm³/mol. The molecule has 2 saturated carbocycles. The highest BCUT2D eigenvalue weighted by Crippen LogP contribution is 2.51. The van der Waals surface area contributed by atoms with Crippen LogP contribution in [0, 0.1) is 35.5 Å². The second kappa shape index (κ2) is 6.23. The van der Waals surface area contributed by atoms with Crippen LogP contribution < -0.4 is 0 Å². The van der Waals surface area contributed by atoms with Crippen LogP contribution in [-0.2, 0) is 0 Å². The first kappa shape index (κ1) is 17.9. The van der Waals surface area contributed by atoms with Gasteiger partial charge in [0.2, 0.25) is 0 Å². The monoisotopic (exact) mass is 330 g/mol. The molecule has 6 heteroatoms. The molecule has 0 spiro atoms. The van der Waals surface area contributed by atoms with Gasteiger partial charge in [-0.3, -0.25) is 0 Å². The van der Waals surface area contributed by atoms with Gasteiger partial charge in [0.25, 0.3) is 0 Å². The Morgan fingerprint density at radius 3 is 1.18 bits per heavy atom. The van der Waals surface area contributed by atoms with Crippen molar-refractivity contribution in [1.82, 2.24) is 0 Å². The van der Waals surface area contributed by atoms with E-state index in [0.717, 1.165) is 0 Å². The molecule has 0 N–H and O–H groups in total. The Bertz CT molecular complexity index is 336. The molecule has 0 aromatic rings. The van der Waals surface area contributed by atoms with Gasteiger partial charge in [-0.1, -0.05) is 13.8 Å². The summed E-state index contributed by atoms with van der Waals surface area (Å²) in [6.45, 7) is 3.21. The highest BCUT2D eigenvalue weighted by Gasteiger charge is 2.50. The molecule has 2 rings (SSSR count). The first-order valence-electron chi connectivity index (χ1n) is 8.13. The normalized spacial score (nSPS) is 41.5. The zero-order valence-corrected chi connectivity index (χ0v) is 13.0. The molecule has 6 atom stereocenters. The van der Waals surface area contributed by atoms with Crippen LogP contribution in [0.15, 0.2) is 0 Å². The quantitative estimate of drug-likeness (QED) is 0.501. The van der Waals surface area contributed by atoms with Crippen molar-refractivity contribution >= 4 is 0 Å². The van der Waals surface area contributed by atoms with Crippen molar-refractivity contribution in [1.29, 1.82) is 0 Å². The van der Waals surface area contributed by atoms with Crippen LogP contribution in [0.2, 0.25) is 0 Å². The van der Waals surface area contributed by atoms with Gasteiger partial charge in [0, 0.05) is 0 Å². The fourth-order valence-electron chi connectivity index (χ4n) is 4.48. The Morgan fingerprint density at radius 1 is 0.591 bits per heavy atom. The average molecular weight is 330 g/mol. The number of rotatable bonds is 1. The van der Waals surface area contributed by atoms with Gasteiger partial charge in [0.15, 0.2) is 0 Å². The molecule has 0 aromatic carbocycles. The third-order valence-electron chi connectivity index (χ3n) is 5.98. The summed E-state index contributed by atoms with van der Waals surface area (Å²) in [6.07, 6.45) is -6.24. The van der Waals surface area contributed by atoms with Gasteiger partial charge in [-0.25, -0.2) is 0 Å². The van der Waals surface area contributed by atoms with E-state index >= 15 is 0 Å². The van der Waals surface area contributed by atoms with Crippen LogP contribution in [0.5, 0.6) is 0 Å². The van der Waals surface area contributed by atoms with Crippen molar-refractivity contribution in [3.63, 3.8) is 0 Å². The zero-order valence-electron chi connectivity index (χ0n) is 13.0. The summed E-state index contributed by atoms with van der Waals surface area (Å²) in [5.74, 6) is -3.96. The third-order valence-corrected chi connectivity index (χ3v) is 5.98. The second-order valence-corrected chi connectivity index (χ2v) is 7.40. The van der Waals surface area contributed by atoms with Gasteiger partial charge in [0.1, 0.15) is 0 Å². The summed E-state index contributed by atoms with van der Waals surface area (Å²) in [6, 6.07) is 0. The average Bonchev–Trinajstić information content (AvgIpc) is 2.37. The van der Waals surface area contributed by atoms with E-state index in [1.165, 1.54) is 0 Å². The van der Waals surface area contributed by atoms with Gasteiger partial charge >= 0.3 is 12.4 Å². The van der Waals surface area contributed by atoms with Crippen molar-refractivity contribution in [2.24, 2.45) is 35.5 Å².